The van der Waals surface area contributed by atoms with Crippen LogP contribution in [0, 0.1) is 13.8 Å². The molecule has 0 aliphatic carbocycles. The average Bonchev–Trinajstić information content (AvgIpc) is 2.73. The van der Waals surface area contributed by atoms with Gasteiger partial charge in [-0.05, 0) is 42.7 Å². The van der Waals surface area contributed by atoms with Gasteiger partial charge in [-0.2, -0.15) is 0 Å². The molecule has 0 saturated carbocycles. The molecular weight excluding hydrogens is 418 g/mol. The molecule has 5 nitrogen and oxygen atoms in total. The van der Waals surface area contributed by atoms with E-state index in [4.69, 9.17) is 11.6 Å². The molecule has 30 heavy (non-hydrogen) atoms. The molecule has 2 amide bonds. The van der Waals surface area contributed by atoms with Crippen molar-refractivity contribution in [3.8, 4) is 0 Å². The van der Waals surface area contributed by atoms with Gasteiger partial charge in [0.1, 0.15) is 0 Å². The Balaban J connectivity index is 1.38. The van der Waals surface area contributed by atoms with E-state index < -0.39 is 0 Å². The van der Waals surface area contributed by atoms with Crippen LogP contribution in [0.4, 0.5) is 5.69 Å². The van der Waals surface area contributed by atoms with Crippen LogP contribution in [0.3, 0.4) is 0 Å². The zero-order valence-corrected chi connectivity index (χ0v) is 19.1. The van der Waals surface area contributed by atoms with E-state index in [9.17, 15) is 9.59 Å². The van der Waals surface area contributed by atoms with Crippen LogP contribution in [0.25, 0.3) is 0 Å². The highest BCUT2D eigenvalue weighted by Gasteiger charge is 2.22. The normalized spacial score (nSPS) is 14.6. The van der Waals surface area contributed by atoms with E-state index in [1.54, 1.807) is 11.8 Å². The number of carbonyl (C=O) groups excluding carboxylic acids is 2. The van der Waals surface area contributed by atoms with E-state index >= 15 is 0 Å². The fraction of sp³-hybridized carbons (Fsp3) is 0.391. The van der Waals surface area contributed by atoms with E-state index in [1.807, 2.05) is 61.2 Å². The standard InChI is InChI=1S/C23H28ClN3O2S/c1-17-4-3-5-18(2)23(17)25-21(28)14-26-10-12-27(13-11-26)22(29)16-30-15-19-6-8-20(24)9-7-19/h3-9H,10-16H2,1-2H3,(H,25,28). The second-order valence-electron chi connectivity index (χ2n) is 7.59. The van der Waals surface area contributed by atoms with Gasteiger partial charge in [-0.25, -0.2) is 0 Å². The molecule has 1 N–H and O–H groups in total. The number of benzene rings is 2. The second kappa shape index (κ2) is 10.8. The van der Waals surface area contributed by atoms with Gasteiger partial charge in [0.25, 0.3) is 0 Å². The van der Waals surface area contributed by atoms with Gasteiger partial charge in [-0.1, -0.05) is 41.9 Å². The number of amides is 2. The lowest BCUT2D eigenvalue weighted by Gasteiger charge is -2.34. The molecule has 1 heterocycles. The average molecular weight is 446 g/mol. The molecule has 0 spiro atoms. The summed E-state index contributed by atoms with van der Waals surface area (Å²) in [7, 11) is 0. The van der Waals surface area contributed by atoms with E-state index in [-0.39, 0.29) is 11.8 Å². The number of anilines is 1. The van der Waals surface area contributed by atoms with Crippen molar-refractivity contribution < 1.29 is 9.59 Å². The number of carbonyl (C=O) groups is 2. The number of rotatable bonds is 7. The fourth-order valence-corrected chi connectivity index (χ4v) is 4.49. The first kappa shape index (κ1) is 22.7. The van der Waals surface area contributed by atoms with Crippen molar-refractivity contribution in [3.63, 3.8) is 0 Å². The van der Waals surface area contributed by atoms with Crippen LogP contribution < -0.4 is 5.32 Å². The summed E-state index contributed by atoms with van der Waals surface area (Å²) in [5.74, 6) is 1.41. The van der Waals surface area contributed by atoms with Gasteiger partial charge in [0.05, 0.1) is 12.3 Å². The third kappa shape index (κ3) is 6.49. The predicted molar refractivity (Wildman–Crippen MR) is 125 cm³/mol. The van der Waals surface area contributed by atoms with Crippen LogP contribution in [-0.4, -0.2) is 60.1 Å². The van der Waals surface area contributed by atoms with Crippen LogP contribution in [0.1, 0.15) is 16.7 Å². The zero-order chi connectivity index (χ0) is 21.5. The molecule has 0 radical (unpaired) electrons. The monoisotopic (exact) mass is 445 g/mol. The van der Waals surface area contributed by atoms with Gasteiger partial charge in [0, 0.05) is 42.6 Å². The summed E-state index contributed by atoms with van der Waals surface area (Å²) >= 11 is 7.52. The van der Waals surface area contributed by atoms with Crippen LogP contribution >= 0.6 is 23.4 Å². The van der Waals surface area contributed by atoms with Gasteiger partial charge < -0.3 is 10.2 Å². The summed E-state index contributed by atoms with van der Waals surface area (Å²) in [5, 5.41) is 3.76. The quantitative estimate of drug-likeness (QED) is 0.700. The van der Waals surface area contributed by atoms with Crippen molar-refractivity contribution in [2.75, 3.05) is 43.8 Å². The number of para-hydroxylation sites is 1. The topological polar surface area (TPSA) is 52.7 Å². The molecule has 3 rings (SSSR count). The third-order valence-electron chi connectivity index (χ3n) is 5.25. The highest BCUT2D eigenvalue weighted by molar-refractivity contribution is 7.99. The highest BCUT2D eigenvalue weighted by Crippen LogP contribution is 2.19. The maximum Gasteiger partial charge on any atom is 0.238 e. The summed E-state index contributed by atoms with van der Waals surface area (Å²) in [6.07, 6.45) is 0. The number of aryl methyl sites for hydroxylation is 2. The Labute approximate surface area is 187 Å². The number of nitrogens with zero attached hydrogens (tertiary/aromatic N) is 2. The molecule has 2 aromatic rings. The number of halogens is 1. The van der Waals surface area contributed by atoms with Crippen LogP contribution in [0.15, 0.2) is 42.5 Å². The van der Waals surface area contributed by atoms with Gasteiger partial charge in [0.15, 0.2) is 0 Å². The molecule has 0 aromatic heterocycles. The van der Waals surface area contributed by atoms with E-state index in [2.05, 4.69) is 10.2 Å². The Kier molecular flexibility index (Phi) is 8.19. The molecule has 0 unspecified atom stereocenters. The van der Waals surface area contributed by atoms with E-state index in [1.165, 1.54) is 0 Å². The Bertz CT molecular complexity index is 860. The van der Waals surface area contributed by atoms with Crippen molar-refractivity contribution in [2.24, 2.45) is 0 Å². The van der Waals surface area contributed by atoms with Crippen molar-refractivity contribution >= 4 is 40.9 Å². The lowest BCUT2D eigenvalue weighted by molar-refractivity contribution is -0.130. The summed E-state index contributed by atoms with van der Waals surface area (Å²) in [5.41, 5.74) is 4.19. The number of piperazine rings is 1. The Morgan fingerprint density at radius 1 is 1.00 bits per heavy atom. The first-order valence-electron chi connectivity index (χ1n) is 10.1. The molecule has 1 aliphatic rings. The largest absolute Gasteiger partial charge is 0.339 e. The summed E-state index contributed by atoms with van der Waals surface area (Å²) in [4.78, 5) is 28.9. The molecule has 1 aliphatic heterocycles. The lowest BCUT2D eigenvalue weighted by atomic mass is 10.1. The Morgan fingerprint density at radius 2 is 1.63 bits per heavy atom. The number of thioether (sulfide) groups is 1. The van der Waals surface area contributed by atoms with Crippen molar-refractivity contribution in [1.82, 2.24) is 9.80 Å². The molecule has 0 bridgehead atoms. The van der Waals surface area contributed by atoms with Crippen LogP contribution in [0.5, 0.6) is 0 Å². The Hall–Kier alpha value is -2.02. The van der Waals surface area contributed by atoms with Gasteiger partial charge in [0.2, 0.25) is 11.8 Å². The molecule has 0 atom stereocenters. The molecule has 7 heteroatoms. The summed E-state index contributed by atoms with van der Waals surface area (Å²) in [6.45, 7) is 7.10. The number of nitrogens with one attached hydrogen (secondary N) is 1. The molecule has 160 valence electrons. The van der Waals surface area contributed by atoms with Crippen molar-refractivity contribution in [3.05, 3.63) is 64.2 Å². The first-order valence-corrected chi connectivity index (χ1v) is 11.6. The highest BCUT2D eigenvalue weighted by atomic mass is 35.5. The lowest BCUT2D eigenvalue weighted by Crippen LogP contribution is -2.50. The minimum Gasteiger partial charge on any atom is -0.339 e. The molecular formula is C23H28ClN3O2S. The minimum atomic E-state index is -0.00861. The summed E-state index contributed by atoms with van der Waals surface area (Å²) in [6, 6.07) is 13.7. The second-order valence-corrected chi connectivity index (χ2v) is 9.01. The molecule has 2 aromatic carbocycles. The van der Waals surface area contributed by atoms with Crippen molar-refractivity contribution in [2.45, 2.75) is 19.6 Å². The fourth-order valence-electron chi connectivity index (χ4n) is 3.48. The van der Waals surface area contributed by atoms with Crippen LogP contribution in [0.2, 0.25) is 5.02 Å². The van der Waals surface area contributed by atoms with Gasteiger partial charge in [-0.15, -0.1) is 11.8 Å². The van der Waals surface area contributed by atoms with E-state index in [0.29, 0.717) is 38.5 Å². The SMILES string of the molecule is Cc1cccc(C)c1NC(=O)CN1CCN(C(=O)CSCc2ccc(Cl)cc2)CC1. The zero-order valence-electron chi connectivity index (χ0n) is 17.5. The smallest absolute Gasteiger partial charge is 0.238 e. The van der Waals surface area contributed by atoms with Gasteiger partial charge in [-0.3, -0.25) is 14.5 Å². The predicted octanol–water partition coefficient (Wildman–Crippen LogP) is 3.97. The van der Waals surface area contributed by atoms with E-state index in [0.717, 1.165) is 33.2 Å². The molecule has 1 fully saturated rings. The summed E-state index contributed by atoms with van der Waals surface area (Å²) < 4.78 is 0. The van der Waals surface area contributed by atoms with Crippen molar-refractivity contribution in [1.29, 1.82) is 0 Å². The number of hydrogen-bond donors (Lipinski definition) is 1. The molecule has 1 saturated heterocycles. The first-order chi connectivity index (χ1) is 14.4. The number of hydrogen-bond acceptors (Lipinski definition) is 4. The van der Waals surface area contributed by atoms with Crippen LogP contribution in [-0.2, 0) is 15.3 Å². The Morgan fingerprint density at radius 3 is 2.27 bits per heavy atom. The minimum absolute atomic E-state index is 0.00861. The third-order valence-corrected chi connectivity index (χ3v) is 6.49. The van der Waals surface area contributed by atoms with Gasteiger partial charge >= 0.3 is 0 Å². The maximum atomic E-state index is 12.5. The maximum absolute atomic E-state index is 12.5.